The van der Waals surface area contributed by atoms with Crippen LogP contribution in [0.15, 0.2) is 49.6 Å². The lowest BCUT2D eigenvalue weighted by Gasteiger charge is -2.25. The minimum atomic E-state index is 0.225. The van der Waals surface area contributed by atoms with Crippen molar-refractivity contribution in [3.63, 3.8) is 0 Å². The molecule has 2 N–H and O–H groups in total. The van der Waals surface area contributed by atoms with Crippen molar-refractivity contribution in [3.05, 3.63) is 55.1 Å². The van der Waals surface area contributed by atoms with Gasteiger partial charge in [0.2, 0.25) is 0 Å². The molecule has 1 unspecified atom stereocenters. The van der Waals surface area contributed by atoms with Gasteiger partial charge in [0.15, 0.2) is 5.96 Å². The average molecular weight is 415 g/mol. The number of hydrogen-bond acceptors (Lipinski definition) is 4. The molecule has 0 amide bonds. The number of benzene rings is 1. The summed E-state index contributed by atoms with van der Waals surface area (Å²) >= 11 is 8.82. The first-order valence-electron chi connectivity index (χ1n) is 6.20. The predicted molar refractivity (Wildman–Crippen MR) is 90.9 cm³/mol. The highest BCUT2D eigenvalue weighted by molar-refractivity contribution is 9.13. The SMILES string of the molecule is NC1=NCC(c2cc(Br)c(Br)s2)N1Cc1ccccc1. The van der Waals surface area contributed by atoms with Crippen molar-refractivity contribution in [1.82, 2.24) is 4.90 Å². The van der Waals surface area contributed by atoms with E-state index in [0.717, 1.165) is 21.3 Å². The largest absolute Gasteiger partial charge is 0.370 e. The molecule has 2 aromatic rings. The second-order valence-electron chi connectivity index (χ2n) is 4.60. The number of thiophene rings is 1. The zero-order chi connectivity index (χ0) is 14.1. The first-order valence-corrected chi connectivity index (χ1v) is 8.60. The number of hydrogen-bond donors (Lipinski definition) is 1. The molecule has 0 saturated heterocycles. The first kappa shape index (κ1) is 14.1. The molecule has 0 radical (unpaired) electrons. The number of nitrogens with two attached hydrogens (primary N) is 1. The molecule has 1 aromatic carbocycles. The Morgan fingerprint density at radius 2 is 2.05 bits per heavy atom. The quantitative estimate of drug-likeness (QED) is 0.819. The molecule has 0 saturated carbocycles. The van der Waals surface area contributed by atoms with Crippen LogP contribution in [0, 0.1) is 0 Å². The molecular formula is C14H13Br2N3S. The van der Waals surface area contributed by atoms with Crippen LogP contribution < -0.4 is 5.73 Å². The highest BCUT2D eigenvalue weighted by Gasteiger charge is 2.29. The van der Waals surface area contributed by atoms with E-state index in [0.29, 0.717) is 5.96 Å². The fourth-order valence-electron chi connectivity index (χ4n) is 2.27. The molecule has 1 aromatic heterocycles. The molecule has 0 fully saturated rings. The molecule has 0 aliphatic carbocycles. The Hall–Kier alpha value is -0.850. The van der Waals surface area contributed by atoms with Crippen LogP contribution in [0.5, 0.6) is 0 Å². The maximum atomic E-state index is 6.06. The Kier molecular flexibility index (Phi) is 4.14. The molecular weight excluding hydrogens is 402 g/mol. The van der Waals surface area contributed by atoms with Gasteiger partial charge in [-0.25, -0.2) is 0 Å². The van der Waals surface area contributed by atoms with Crippen LogP contribution in [0.4, 0.5) is 0 Å². The van der Waals surface area contributed by atoms with Crippen molar-refractivity contribution < 1.29 is 0 Å². The van der Waals surface area contributed by atoms with Crippen LogP contribution in [0.1, 0.15) is 16.5 Å². The van der Waals surface area contributed by atoms with Crippen molar-refractivity contribution in [2.24, 2.45) is 10.7 Å². The van der Waals surface area contributed by atoms with Gasteiger partial charge in [-0.15, -0.1) is 11.3 Å². The van der Waals surface area contributed by atoms with Crippen LogP contribution in [-0.2, 0) is 6.54 Å². The van der Waals surface area contributed by atoms with Crippen LogP contribution in [-0.4, -0.2) is 17.4 Å². The number of nitrogens with zero attached hydrogens (tertiary/aromatic N) is 2. The van der Waals surface area contributed by atoms with Gasteiger partial charge in [-0.2, -0.15) is 0 Å². The Morgan fingerprint density at radius 3 is 2.70 bits per heavy atom. The van der Waals surface area contributed by atoms with Crippen LogP contribution in [0.3, 0.4) is 0 Å². The number of aliphatic imine (C=N–C) groups is 1. The summed E-state index contributed by atoms with van der Waals surface area (Å²) in [5.74, 6) is 0.625. The van der Waals surface area contributed by atoms with E-state index in [4.69, 9.17) is 5.73 Å². The van der Waals surface area contributed by atoms with E-state index in [1.165, 1.54) is 10.4 Å². The normalized spacial score (nSPS) is 18.4. The lowest BCUT2D eigenvalue weighted by atomic mass is 10.1. The number of rotatable bonds is 3. The van der Waals surface area contributed by atoms with E-state index in [9.17, 15) is 0 Å². The number of guanidine groups is 1. The summed E-state index contributed by atoms with van der Waals surface area (Å²) in [5.41, 5.74) is 7.30. The van der Waals surface area contributed by atoms with E-state index in [1.807, 2.05) is 18.2 Å². The summed E-state index contributed by atoms with van der Waals surface area (Å²) in [7, 11) is 0. The second kappa shape index (κ2) is 5.87. The predicted octanol–water partition coefficient (Wildman–Crippen LogP) is 4.14. The van der Waals surface area contributed by atoms with Gasteiger partial charge in [0, 0.05) is 15.9 Å². The summed E-state index contributed by atoms with van der Waals surface area (Å²) in [6.45, 7) is 1.51. The third-order valence-electron chi connectivity index (χ3n) is 3.29. The summed E-state index contributed by atoms with van der Waals surface area (Å²) in [5, 5.41) is 0. The minimum Gasteiger partial charge on any atom is -0.370 e. The summed E-state index contributed by atoms with van der Waals surface area (Å²) in [4.78, 5) is 7.84. The lowest BCUT2D eigenvalue weighted by molar-refractivity contribution is 0.344. The Bertz CT molecular complexity index is 620. The Labute approximate surface area is 138 Å². The van der Waals surface area contributed by atoms with E-state index >= 15 is 0 Å². The van der Waals surface area contributed by atoms with Crippen LogP contribution in [0.25, 0.3) is 0 Å². The smallest absolute Gasteiger partial charge is 0.192 e. The molecule has 3 rings (SSSR count). The standard InChI is InChI=1S/C14H13Br2N3S/c15-10-6-12(20-13(10)16)11-7-18-14(17)19(11)8-9-4-2-1-3-5-9/h1-6,11H,7-8H2,(H2,17,18). The van der Waals surface area contributed by atoms with Crippen molar-refractivity contribution >= 4 is 49.2 Å². The summed E-state index contributed by atoms with van der Waals surface area (Å²) in [6.07, 6.45) is 0. The maximum Gasteiger partial charge on any atom is 0.192 e. The van der Waals surface area contributed by atoms with Crippen LogP contribution >= 0.6 is 43.2 Å². The molecule has 0 bridgehead atoms. The second-order valence-corrected chi connectivity index (χ2v) is 7.85. The fraction of sp³-hybridized carbons (Fsp3) is 0.214. The zero-order valence-corrected chi connectivity index (χ0v) is 14.6. The summed E-state index contributed by atoms with van der Waals surface area (Å²) in [6, 6.07) is 12.7. The maximum absolute atomic E-state index is 6.06. The van der Waals surface area contributed by atoms with E-state index in [1.54, 1.807) is 11.3 Å². The highest BCUT2D eigenvalue weighted by atomic mass is 79.9. The molecule has 3 nitrogen and oxygen atoms in total. The first-order chi connectivity index (χ1) is 9.65. The minimum absolute atomic E-state index is 0.225. The fourth-order valence-corrected chi connectivity index (χ4v) is 4.47. The Morgan fingerprint density at radius 1 is 1.30 bits per heavy atom. The third-order valence-corrected chi connectivity index (χ3v) is 6.64. The van der Waals surface area contributed by atoms with E-state index in [-0.39, 0.29) is 6.04 Å². The van der Waals surface area contributed by atoms with Gasteiger partial charge in [0.1, 0.15) is 0 Å². The van der Waals surface area contributed by atoms with Crippen LogP contribution in [0.2, 0.25) is 0 Å². The molecule has 0 spiro atoms. The molecule has 1 aliphatic heterocycles. The number of halogens is 2. The van der Waals surface area contributed by atoms with E-state index < -0.39 is 0 Å². The van der Waals surface area contributed by atoms with Gasteiger partial charge < -0.3 is 10.6 Å². The van der Waals surface area contributed by atoms with Gasteiger partial charge >= 0.3 is 0 Å². The topological polar surface area (TPSA) is 41.6 Å². The molecule has 20 heavy (non-hydrogen) atoms. The molecule has 2 heterocycles. The summed E-state index contributed by atoms with van der Waals surface area (Å²) < 4.78 is 2.19. The molecule has 104 valence electrons. The Balaban J connectivity index is 1.85. The zero-order valence-electron chi connectivity index (χ0n) is 10.6. The van der Waals surface area contributed by atoms with Gasteiger partial charge in [0.05, 0.1) is 16.4 Å². The third kappa shape index (κ3) is 2.77. The average Bonchev–Trinajstić information content (AvgIpc) is 2.96. The molecule has 1 aliphatic rings. The van der Waals surface area contributed by atoms with Crippen molar-refractivity contribution in [1.29, 1.82) is 0 Å². The van der Waals surface area contributed by atoms with Crippen molar-refractivity contribution in [2.45, 2.75) is 12.6 Å². The van der Waals surface area contributed by atoms with E-state index in [2.05, 4.69) is 60.0 Å². The van der Waals surface area contributed by atoms with Crippen molar-refractivity contribution in [2.75, 3.05) is 6.54 Å². The monoisotopic (exact) mass is 413 g/mol. The molecule has 1 atom stereocenters. The van der Waals surface area contributed by atoms with Gasteiger partial charge in [-0.3, -0.25) is 4.99 Å². The van der Waals surface area contributed by atoms with Gasteiger partial charge in [0.25, 0.3) is 0 Å². The molecule has 6 heteroatoms. The van der Waals surface area contributed by atoms with Gasteiger partial charge in [-0.05, 0) is 43.5 Å². The van der Waals surface area contributed by atoms with Crippen molar-refractivity contribution in [3.8, 4) is 0 Å². The van der Waals surface area contributed by atoms with Gasteiger partial charge in [-0.1, -0.05) is 30.3 Å². The lowest BCUT2D eigenvalue weighted by Crippen LogP contribution is -2.35. The highest BCUT2D eigenvalue weighted by Crippen LogP contribution is 2.39.